The summed E-state index contributed by atoms with van der Waals surface area (Å²) in [6.07, 6.45) is -0.866. The van der Waals surface area contributed by atoms with Gasteiger partial charge in [0.15, 0.2) is 11.6 Å². The Balaban J connectivity index is 2.12. The van der Waals surface area contributed by atoms with E-state index in [2.05, 4.69) is 0 Å². The highest BCUT2D eigenvalue weighted by atomic mass is 16.8. The van der Waals surface area contributed by atoms with Crippen LogP contribution in [0.3, 0.4) is 0 Å². The van der Waals surface area contributed by atoms with Crippen LogP contribution < -0.4 is 0 Å². The molecule has 1 saturated heterocycles. The molecule has 0 amide bonds. The summed E-state index contributed by atoms with van der Waals surface area (Å²) in [5.74, 6) is -1.24. The van der Waals surface area contributed by atoms with Gasteiger partial charge in [-0.1, -0.05) is 0 Å². The van der Waals surface area contributed by atoms with E-state index >= 15 is 0 Å². The summed E-state index contributed by atoms with van der Waals surface area (Å²) < 4.78 is 10.9. The molecule has 2 rings (SSSR count). The number of carbonyl (C=O) groups is 1. The van der Waals surface area contributed by atoms with Crippen LogP contribution in [0.25, 0.3) is 0 Å². The molecule has 3 atom stereocenters. The average Bonchev–Trinajstić information content (AvgIpc) is 2.49. The van der Waals surface area contributed by atoms with Gasteiger partial charge in [-0.2, -0.15) is 0 Å². The molecule has 2 fully saturated rings. The molecule has 84 valence electrons. The van der Waals surface area contributed by atoms with Gasteiger partial charge in [-0.25, -0.2) is 0 Å². The fraction of sp³-hybridized carbons (Fsp3) is 0.889. The van der Waals surface area contributed by atoms with Crippen molar-refractivity contribution in [2.45, 2.75) is 38.3 Å². The van der Waals surface area contributed by atoms with E-state index in [1.807, 2.05) is 0 Å². The van der Waals surface area contributed by atoms with E-state index in [4.69, 9.17) is 9.47 Å². The first-order valence-electron chi connectivity index (χ1n) is 4.89. The smallest absolute Gasteiger partial charge is 0.209 e. The summed E-state index contributed by atoms with van der Waals surface area (Å²) in [5, 5.41) is 10.4. The van der Waals surface area contributed by atoms with E-state index in [0.717, 1.165) is 0 Å². The third-order valence-electron chi connectivity index (χ3n) is 2.76. The zero-order valence-electron chi connectivity index (χ0n) is 8.63. The van der Waals surface area contributed by atoms with Crippen LogP contribution in [0.4, 0.5) is 0 Å². The van der Waals surface area contributed by atoms with Crippen LogP contribution in [0, 0.1) is 16.0 Å². The highest BCUT2D eigenvalue weighted by Gasteiger charge is 2.54. The quantitative estimate of drug-likeness (QED) is 0.491. The molecule has 6 nitrogen and oxygen atoms in total. The Labute approximate surface area is 86.7 Å². The lowest BCUT2D eigenvalue weighted by Gasteiger charge is -2.19. The fourth-order valence-corrected chi connectivity index (χ4v) is 2.23. The molecule has 1 aliphatic heterocycles. The Morgan fingerprint density at radius 3 is 2.80 bits per heavy atom. The van der Waals surface area contributed by atoms with E-state index in [0.29, 0.717) is 0 Å². The standard InChI is InChI=1S/C9H13NO5/c1-9(2)14-7-5(4-10(12)13)3-6(11)8(7)15-9/h5,7-8H,3-4H2,1-2H3/t5-,7-,8+/m1/s1. The highest BCUT2D eigenvalue weighted by molar-refractivity contribution is 5.86. The molecule has 15 heavy (non-hydrogen) atoms. The molecule has 0 unspecified atom stereocenters. The maximum absolute atomic E-state index is 11.5. The van der Waals surface area contributed by atoms with Gasteiger partial charge in [0.2, 0.25) is 6.54 Å². The van der Waals surface area contributed by atoms with Crippen LogP contribution in [0.5, 0.6) is 0 Å². The second-order valence-electron chi connectivity index (χ2n) is 4.47. The largest absolute Gasteiger partial charge is 0.344 e. The molecule has 0 radical (unpaired) electrons. The number of nitro groups is 1. The van der Waals surface area contributed by atoms with Crippen molar-refractivity contribution in [3.63, 3.8) is 0 Å². The van der Waals surface area contributed by atoms with Gasteiger partial charge in [-0.05, 0) is 13.8 Å². The Morgan fingerprint density at radius 1 is 1.53 bits per heavy atom. The normalized spacial score (nSPS) is 38.0. The zero-order valence-corrected chi connectivity index (χ0v) is 8.63. The molecule has 6 heteroatoms. The molecular formula is C9H13NO5. The number of ether oxygens (including phenoxy) is 2. The van der Waals surface area contributed by atoms with Crippen LogP contribution in [-0.4, -0.2) is 35.2 Å². The number of carbonyl (C=O) groups excluding carboxylic acids is 1. The van der Waals surface area contributed by atoms with Crippen LogP contribution >= 0.6 is 0 Å². The van der Waals surface area contributed by atoms with Crippen LogP contribution in [-0.2, 0) is 14.3 Å². The Bertz CT molecular complexity index is 312. The van der Waals surface area contributed by atoms with Gasteiger partial charge in [-0.3, -0.25) is 14.9 Å². The van der Waals surface area contributed by atoms with E-state index in [9.17, 15) is 14.9 Å². The van der Waals surface area contributed by atoms with Crippen LogP contribution in [0.1, 0.15) is 20.3 Å². The predicted octanol–water partition coefficient (Wildman–Crippen LogP) is 0.372. The predicted molar refractivity (Wildman–Crippen MR) is 48.8 cm³/mol. The van der Waals surface area contributed by atoms with E-state index in [-0.39, 0.29) is 24.7 Å². The Hall–Kier alpha value is -1.01. The van der Waals surface area contributed by atoms with Gasteiger partial charge >= 0.3 is 0 Å². The van der Waals surface area contributed by atoms with Crippen LogP contribution in [0.2, 0.25) is 0 Å². The maximum Gasteiger partial charge on any atom is 0.209 e. The molecule has 1 saturated carbocycles. The highest BCUT2D eigenvalue weighted by Crippen LogP contribution is 2.39. The minimum Gasteiger partial charge on any atom is -0.344 e. The van der Waals surface area contributed by atoms with Crippen molar-refractivity contribution in [2.24, 2.45) is 5.92 Å². The second-order valence-corrected chi connectivity index (χ2v) is 4.47. The number of nitrogens with zero attached hydrogens (tertiary/aromatic N) is 1. The first kappa shape index (κ1) is 10.5. The Morgan fingerprint density at radius 2 is 2.20 bits per heavy atom. The summed E-state index contributed by atoms with van der Waals surface area (Å²) in [6, 6.07) is 0. The molecule has 1 aliphatic carbocycles. The van der Waals surface area contributed by atoms with E-state index < -0.39 is 22.9 Å². The van der Waals surface area contributed by atoms with Gasteiger partial charge < -0.3 is 9.47 Å². The minimum absolute atomic E-state index is 0.0857. The lowest BCUT2D eigenvalue weighted by atomic mass is 10.1. The summed E-state index contributed by atoms with van der Waals surface area (Å²) >= 11 is 0. The molecule has 0 spiro atoms. The Kier molecular flexibility index (Phi) is 2.27. The number of hydrogen-bond acceptors (Lipinski definition) is 5. The number of Topliss-reactive ketones (excluding diaryl/α,β-unsaturated/α-hetero) is 1. The van der Waals surface area contributed by atoms with Crippen LogP contribution in [0.15, 0.2) is 0 Å². The first-order chi connectivity index (χ1) is 6.89. The van der Waals surface area contributed by atoms with Gasteiger partial charge in [0.1, 0.15) is 12.2 Å². The number of fused-ring (bicyclic) bond motifs is 1. The van der Waals surface area contributed by atoms with Gasteiger partial charge in [0.05, 0.1) is 5.92 Å². The molecule has 1 heterocycles. The summed E-state index contributed by atoms with van der Waals surface area (Å²) in [4.78, 5) is 21.5. The summed E-state index contributed by atoms with van der Waals surface area (Å²) in [6.45, 7) is 3.19. The fourth-order valence-electron chi connectivity index (χ4n) is 2.23. The molecule has 0 N–H and O–H groups in total. The monoisotopic (exact) mass is 215 g/mol. The first-order valence-corrected chi connectivity index (χ1v) is 4.89. The summed E-state index contributed by atoms with van der Waals surface area (Å²) in [7, 11) is 0. The topological polar surface area (TPSA) is 78.7 Å². The minimum atomic E-state index is -0.805. The van der Waals surface area contributed by atoms with Crippen molar-refractivity contribution in [3.8, 4) is 0 Å². The molecular weight excluding hydrogens is 202 g/mol. The lowest BCUT2D eigenvalue weighted by molar-refractivity contribution is -0.490. The molecule has 0 bridgehead atoms. The third-order valence-corrected chi connectivity index (χ3v) is 2.76. The average molecular weight is 215 g/mol. The van der Waals surface area contributed by atoms with Crippen molar-refractivity contribution >= 4 is 5.78 Å². The molecule has 0 aromatic rings. The van der Waals surface area contributed by atoms with Crippen molar-refractivity contribution < 1.29 is 19.2 Å². The number of rotatable bonds is 2. The maximum atomic E-state index is 11.5. The van der Waals surface area contributed by atoms with E-state index in [1.165, 1.54) is 0 Å². The van der Waals surface area contributed by atoms with Gasteiger partial charge in [0.25, 0.3) is 0 Å². The number of hydrogen-bond donors (Lipinski definition) is 0. The zero-order chi connectivity index (χ0) is 11.2. The van der Waals surface area contributed by atoms with Gasteiger partial charge in [0, 0.05) is 11.3 Å². The lowest BCUT2D eigenvalue weighted by Crippen LogP contribution is -2.29. The van der Waals surface area contributed by atoms with E-state index in [1.54, 1.807) is 13.8 Å². The van der Waals surface area contributed by atoms with Crippen molar-refractivity contribution in [3.05, 3.63) is 10.1 Å². The third kappa shape index (κ3) is 1.87. The molecule has 0 aromatic heterocycles. The molecule has 0 aromatic carbocycles. The molecule has 2 aliphatic rings. The van der Waals surface area contributed by atoms with Gasteiger partial charge in [-0.15, -0.1) is 0 Å². The summed E-state index contributed by atoms with van der Waals surface area (Å²) in [5.41, 5.74) is 0. The number of ketones is 1. The van der Waals surface area contributed by atoms with Crippen molar-refractivity contribution in [2.75, 3.05) is 6.54 Å². The second kappa shape index (κ2) is 3.24. The SMILES string of the molecule is CC1(C)O[C@@H]2[C@@H](C[N+](=O)[O-])CC(=O)[C@@H]2O1. The van der Waals surface area contributed by atoms with Crippen molar-refractivity contribution in [1.82, 2.24) is 0 Å². The van der Waals surface area contributed by atoms with Crippen molar-refractivity contribution in [1.29, 1.82) is 0 Å².